The molecule has 1 aromatic heterocycles. The molecule has 0 aliphatic heterocycles. The zero-order valence-corrected chi connectivity index (χ0v) is 12.5. The smallest absolute Gasteiger partial charge is 0.242 e. The molecule has 0 amide bonds. The van der Waals surface area contributed by atoms with Crippen LogP contribution in [0.4, 0.5) is 5.82 Å². The van der Waals surface area contributed by atoms with E-state index in [2.05, 4.69) is 15.0 Å². The fourth-order valence-corrected chi connectivity index (χ4v) is 3.76. The summed E-state index contributed by atoms with van der Waals surface area (Å²) in [7, 11) is -1.68. The van der Waals surface area contributed by atoms with Gasteiger partial charge >= 0.3 is 0 Å². The Morgan fingerprint density at radius 2 is 1.90 bits per heavy atom. The average molecular weight is 295 g/mol. The van der Waals surface area contributed by atoms with Crippen molar-refractivity contribution in [3.63, 3.8) is 0 Å². The number of nitrogens with zero attached hydrogens (tertiary/aromatic N) is 1. The van der Waals surface area contributed by atoms with Crippen molar-refractivity contribution in [2.24, 2.45) is 17.8 Å². The summed E-state index contributed by atoms with van der Waals surface area (Å²) in [6.45, 7) is 0.575. The Bertz CT molecular complexity index is 551. The van der Waals surface area contributed by atoms with Gasteiger partial charge < -0.3 is 5.32 Å². The molecule has 0 spiro atoms. The van der Waals surface area contributed by atoms with Gasteiger partial charge in [-0.1, -0.05) is 0 Å². The van der Waals surface area contributed by atoms with Crippen molar-refractivity contribution in [3.8, 4) is 0 Å². The molecule has 2 aliphatic rings. The first-order chi connectivity index (χ1) is 9.60. The van der Waals surface area contributed by atoms with Crippen LogP contribution in [-0.2, 0) is 10.0 Å². The molecule has 6 heteroatoms. The topological polar surface area (TPSA) is 71.1 Å². The molecule has 2 N–H and O–H groups in total. The molecule has 0 saturated heterocycles. The van der Waals surface area contributed by atoms with Gasteiger partial charge in [0, 0.05) is 19.8 Å². The zero-order valence-electron chi connectivity index (χ0n) is 11.7. The molecule has 110 valence electrons. The Labute approximate surface area is 120 Å². The van der Waals surface area contributed by atoms with Crippen LogP contribution in [-0.4, -0.2) is 27.0 Å². The number of hydrogen-bond donors (Lipinski definition) is 2. The van der Waals surface area contributed by atoms with Crippen molar-refractivity contribution in [3.05, 3.63) is 18.3 Å². The van der Waals surface area contributed by atoms with Crippen molar-refractivity contribution in [2.75, 3.05) is 18.9 Å². The van der Waals surface area contributed by atoms with Gasteiger partial charge in [0.05, 0.1) is 0 Å². The first-order valence-corrected chi connectivity index (χ1v) is 8.72. The molecule has 2 aliphatic carbocycles. The molecular formula is C14H21N3O2S. The van der Waals surface area contributed by atoms with Gasteiger partial charge in [0.1, 0.15) is 10.7 Å². The van der Waals surface area contributed by atoms with E-state index in [1.807, 2.05) is 0 Å². The summed E-state index contributed by atoms with van der Waals surface area (Å²) in [5.74, 6) is 2.69. The monoisotopic (exact) mass is 295 g/mol. The summed E-state index contributed by atoms with van der Waals surface area (Å²) in [5, 5.41) is 2.88. The highest BCUT2D eigenvalue weighted by molar-refractivity contribution is 7.89. The van der Waals surface area contributed by atoms with E-state index in [4.69, 9.17) is 0 Å². The third kappa shape index (κ3) is 3.12. The Morgan fingerprint density at radius 3 is 2.35 bits per heavy atom. The molecule has 0 aromatic carbocycles. The number of aromatic nitrogens is 1. The second-order valence-electron chi connectivity index (χ2n) is 5.82. The molecule has 0 atom stereocenters. The molecule has 20 heavy (non-hydrogen) atoms. The summed E-state index contributed by atoms with van der Waals surface area (Å²) in [5.41, 5.74) is 0. The van der Waals surface area contributed by atoms with Crippen LogP contribution in [0.25, 0.3) is 0 Å². The van der Waals surface area contributed by atoms with Crippen LogP contribution in [0.3, 0.4) is 0 Å². The summed E-state index contributed by atoms with van der Waals surface area (Å²) >= 11 is 0. The lowest BCUT2D eigenvalue weighted by Crippen LogP contribution is -2.31. The molecule has 0 radical (unpaired) electrons. The van der Waals surface area contributed by atoms with Crippen molar-refractivity contribution in [1.29, 1.82) is 0 Å². The van der Waals surface area contributed by atoms with Crippen molar-refractivity contribution < 1.29 is 8.42 Å². The van der Waals surface area contributed by atoms with Crippen LogP contribution in [0.15, 0.2) is 23.2 Å². The van der Waals surface area contributed by atoms with E-state index in [1.54, 1.807) is 19.2 Å². The summed E-state index contributed by atoms with van der Waals surface area (Å²) in [6.07, 6.45) is 6.46. The number of rotatable bonds is 7. The predicted octanol–water partition coefficient (Wildman–Crippen LogP) is 1.84. The Kier molecular flexibility index (Phi) is 3.69. The van der Waals surface area contributed by atoms with Crippen molar-refractivity contribution in [2.45, 2.75) is 30.6 Å². The molecule has 1 heterocycles. The normalized spacial score (nSPS) is 19.3. The molecule has 0 bridgehead atoms. The molecular weight excluding hydrogens is 274 g/mol. The first kappa shape index (κ1) is 13.8. The van der Waals surface area contributed by atoms with E-state index < -0.39 is 10.0 Å². The fraction of sp³-hybridized carbons (Fsp3) is 0.643. The average Bonchev–Trinajstić information content (AvgIpc) is 3.32. The van der Waals surface area contributed by atoms with E-state index in [0.717, 1.165) is 11.8 Å². The van der Waals surface area contributed by atoms with Crippen molar-refractivity contribution in [1.82, 2.24) is 9.71 Å². The minimum atomic E-state index is -3.43. The van der Waals surface area contributed by atoms with Crippen LogP contribution in [0.2, 0.25) is 0 Å². The maximum Gasteiger partial charge on any atom is 0.242 e. The molecule has 0 unspecified atom stereocenters. The lowest BCUT2D eigenvalue weighted by molar-refractivity contribution is 0.401. The SMILES string of the molecule is CNc1ccc(S(=O)(=O)NCC(C2CC2)C2CC2)cn1. The minimum Gasteiger partial charge on any atom is -0.373 e. The van der Waals surface area contributed by atoms with Gasteiger partial charge in [-0.05, 0) is 55.6 Å². The van der Waals surface area contributed by atoms with Gasteiger partial charge in [-0.3, -0.25) is 0 Å². The molecule has 3 rings (SSSR count). The van der Waals surface area contributed by atoms with E-state index >= 15 is 0 Å². The van der Waals surface area contributed by atoms with Gasteiger partial charge in [0.25, 0.3) is 0 Å². The van der Waals surface area contributed by atoms with Gasteiger partial charge in [-0.2, -0.15) is 0 Å². The summed E-state index contributed by atoms with van der Waals surface area (Å²) < 4.78 is 27.3. The third-order valence-corrected chi connectivity index (χ3v) is 5.68. The number of nitrogens with one attached hydrogen (secondary N) is 2. The second-order valence-corrected chi connectivity index (χ2v) is 7.59. The van der Waals surface area contributed by atoms with Crippen LogP contribution < -0.4 is 10.0 Å². The van der Waals surface area contributed by atoms with E-state index in [-0.39, 0.29) is 4.90 Å². The summed E-state index contributed by atoms with van der Waals surface area (Å²) in [4.78, 5) is 4.29. The third-order valence-electron chi connectivity index (χ3n) is 4.27. The highest BCUT2D eigenvalue weighted by Gasteiger charge is 2.41. The second kappa shape index (κ2) is 5.33. The molecule has 2 saturated carbocycles. The quantitative estimate of drug-likeness (QED) is 0.805. The Balaban J connectivity index is 1.64. The first-order valence-electron chi connectivity index (χ1n) is 7.23. The molecule has 2 fully saturated rings. The zero-order chi connectivity index (χ0) is 14.2. The number of sulfonamides is 1. The highest BCUT2D eigenvalue weighted by atomic mass is 32.2. The largest absolute Gasteiger partial charge is 0.373 e. The van der Waals surface area contributed by atoms with Gasteiger partial charge in [-0.15, -0.1) is 0 Å². The predicted molar refractivity (Wildman–Crippen MR) is 77.9 cm³/mol. The van der Waals surface area contributed by atoms with E-state index in [9.17, 15) is 8.42 Å². The number of anilines is 1. The Hall–Kier alpha value is -1.14. The van der Waals surface area contributed by atoms with Crippen molar-refractivity contribution >= 4 is 15.8 Å². The van der Waals surface area contributed by atoms with Crippen LogP contribution in [0.5, 0.6) is 0 Å². The van der Waals surface area contributed by atoms with Crippen LogP contribution in [0.1, 0.15) is 25.7 Å². The molecule has 5 nitrogen and oxygen atoms in total. The highest BCUT2D eigenvalue weighted by Crippen LogP contribution is 2.48. The molecule has 1 aromatic rings. The maximum atomic E-state index is 12.3. The van der Waals surface area contributed by atoms with Gasteiger partial charge in [-0.25, -0.2) is 18.1 Å². The minimum absolute atomic E-state index is 0.238. The fourth-order valence-electron chi connectivity index (χ4n) is 2.74. The van der Waals surface area contributed by atoms with Gasteiger partial charge in [0.15, 0.2) is 0 Å². The lowest BCUT2D eigenvalue weighted by Gasteiger charge is -2.16. The standard InChI is InChI=1S/C14H21N3O2S/c1-15-14-7-6-12(8-16-14)20(18,19)17-9-13(10-2-3-10)11-4-5-11/h6-8,10-11,13,17H,2-5,9H2,1H3,(H,15,16). The van der Waals surface area contributed by atoms with E-state index in [1.165, 1.54) is 31.9 Å². The maximum absolute atomic E-state index is 12.3. The summed E-state index contributed by atoms with van der Waals surface area (Å²) in [6, 6.07) is 3.26. The number of pyridine rings is 1. The van der Waals surface area contributed by atoms with Crippen LogP contribution >= 0.6 is 0 Å². The van der Waals surface area contributed by atoms with E-state index in [0.29, 0.717) is 18.3 Å². The van der Waals surface area contributed by atoms with Gasteiger partial charge in [0.2, 0.25) is 10.0 Å². The lowest BCUT2D eigenvalue weighted by atomic mass is 9.99. The number of hydrogen-bond acceptors (Lipinski definition) is 4. The Morgan fingerprint density at radius 1 is 1.25 bits per heavy atom. The van der Waals surface area contributed by atoms with Crippen LogP contribution in [0, 0.1) is 17.8 Å².